The third-order valence-electron chi connectivity index (χ3n) is 0.580. The second-order valence-corrected chi connectivity index (χ2v) is 1.07. The van der Waals surface area contributed by atoms with Gasteiger partial charge in [0.25, 0.3) is 0 Å². The van der Waals surface area contributed by atoms with Crippen molar-refractivity contribution in [2.24, 2.45) is 0 Å². The molecule has 0 amide bonds. The molecule has 0 saturated heterocycles. The molecule has 8 heavy (non-hydrogen) atoms. The average molecular weight is 139 g/mol. The van der Waals surface area contributed by atoms with Gasteiger partial charge in [0.1, 0.15) is 0 Å². The van der Waals surface area contributed by atoms with Gasteiger partial charge in [-0.1, -0.05) is 0 Å². The second-order valence-electron chi connectivity index (χ2n) is 1.07. The van der Waals surface area contributed by atoms with Gasteiger partial charge in [-0.05, 0) is 6.08 Å². The Morgan fingerprint density at radius 1 is 1.62 bits per heavy atom. The van der Waals surface area contributed by atoms with Crippen LogP contribution in [0.1, 0.15) is 6.42 Å². The molecule has 1 heterocycles. The maximum Gasteiger partial charge on any atom is 0.314 e. The molecule has 3 nitrogen and oxygen atoms in total. The zero-order valence-electron chi connectivity index (χ0n) is 4.09. The van der Waals surface area contributed by atoms with Crippen LogP contribution in [0.15, 0.2) is 12.3 Å². The van der Waals surface area contributed by atoms with Gasteiger partial charge < -0.3 is 10.2 Å². The fraction of sp³-hybridized carbons (Fsp3) is 0.250. The van der Waals surface area contributed by atoms with Crippen molar-refractivity contribution < 1.29 is 15.0 Å². The number of ether oxygens (including phenoxy) is 1. The highest BCUT2D eigenvalue weighted by Crippen LogP contribution is 1.96. The van der Waals surface area contributed by atoms with Gasteiger partial charge >= 0.3 is 5.97 Å². The van der Waals surface area contributed by atoms with Gasteiger partial charge in [0.15, 0.2) is 0 Å². The minimum absolute atomic E-state index is 0. The van der Waals surface area contributed by atoms with Crippen LogP contribution in [0.2, 0.25) is 0 Å². The lowest BCUT2D eigenvalue weighted by molar-refractivity contribution is -0.135. The molecule has 4 heteroatoms. The Morgan fingerprint density at radius 2 is 2.25 bits per heavy atom. The number of hydrogen-bond acceptors (Lipinski definition) is 2. The van der Waals surface area contributed by atoms with Gasteiger partial charge in [-0.2, -0.15) is 0 Å². The van der Waals surface area contributed by atoms with Crippen LogP contribution < -0.4 is 0 Å². The highest BCUT2D eigenvalue weighted by Gasteiger charge is 2.00. The van der Waals surface area contributed by atoms with Crippen LogP contribution in [0.3, 0.4) is 0 Å². The number of rotatable bonds is 0. The fourth-order valence-electron chi connectivity index (χ4n) is 0.316. The Bertz CT molecular complexity index is 89.5. The molecule has 0 atom stereocenters. The Labute approximate surface area is 53.0 Å². The van der Waals surface area contributed by atoms with Crippen molar-refractivity contribution in [3.8, 4) is 0 Å². The molecule has 0 aromatic rings. The zero-order chi connectivity index (χ0) is 4.41. The number of carbonyl (C=O) groups excluding carboxylic acids is 1. The lowest BCUT2D eigenvalue weighted by Gasteiger charge is -1.78. The SMILES string of the molecule is Cl.O.O=C1CC=CO1. The number of carbonyl (C=O) groups is 1. The largest absolute Gasteiger partial charge is 0.435 e. The fourth-order valence-corrected chi connectivity index (χ4v) is 0.316. The first-order chi connectivity index (χ1) is 2.89. The molecule has 0 radical (unpaired) electrons. The lowest BCUT2D eigenvalue weighted by atomic mass is 10.5. The van der Waals surface area contributed by atoms with E-state index in [0.29, 0.717) is 6.42 Å². The third kappa shape index (κ3) is 2.60. The minimum atomic E-state index is -0.157. The Kier molecular flexibility index (Phi) is 6.02. The maximum absolute atomic E-state index is 9.96. The topological polar surface area (TPSA) is 57.8 Å². The quantitative estimate of drug-likeness (QED) is 0.444. The van der Waals surface area contributed by atoms with Gasteiger partial charge in [-0.3, -0.25) is 4.79 Å². The predicted molar refractivity (Wildman–Crippen MR) is 30.7 cm³/mol. The normalized spacial score (nSPS) is 13.8. The number of cyclic esters (lactones) is 1. The maximum atomic E-state index is 9.96. The van der Waals surface area contributed by atoms with E-state index in [1.807, 2.05) is 0 Å². The molecule has 0 spiro atoms. The molecule has 48 valence electrons. The summed E-state index contributed by atoms with van der Waals surface area (Å²) in [6.07, 6.45) is 3.53. The Morgan fingerprint density at radius 3 is 2.38 bits per heavy atom. The summed E-state index contributed by atoms with van der Waals surface area (Å²) in [5.41, 5.74) is 0. The van der Waals surface area contributed by atoms with Crippen molar-refractivity contribution in [1.82, 2.24) is 0 Å². The standard InChI is InChI=1S/C4H4O2.ClH.H2O/c5-4-2-1-3-6-4;;/h1,3H,2H2;1H;1H2. The molecule has 0 aromatic heterocycles. The van der Waals surface area contributed by atoms with E-state index in [2.05, 4.69) is 4.74 Å². The number of esters is 1. The first-order valence-electron chi connectivity index (χ1n) is 1.74. The lowest BCUT2D eigenvalue weighted by Crippen LogP contribution is -1.87. The number of hydrogen-bond donors (Lipinski definition) is 0. The van der Waals surface area contributed by atoms with Crippen LogP contribution in [0, 0.1) is 0 Å². The highest BCUT2D eigenvalue weighted by atomic mass is 35.5. The van der Waals surface area contributed by atoms with Crippen molar-refractivity contribution in [3.05, 3.63) is 12.3 Å². The minimum Gasteiger partial charge on any atom is -0.435 e. The Hall–Kier alpha value is -0.540. The van der Waals surface area contributed by atoms with E-state index in [9.17, 15) is 4.79 Å². The molecule has 0 fully saturated rings. The molecule has 1 aliphatic rings. The first kappa shape index (κ1) is 10.4. The summed E-state index contributed by atoms with van der Waals surface area (Å²) in [5, 5.41) is 0. The first-order valence-corrected chi connectivity index (χ1v) is 1.74. The van der Waals surface area contributed by atoms with Crippen molar-refractivity contribution in [2.45, 2.75) is 6.42 Å². The summed E-state index contributed by atoms with van der Waals surface area (Å²) in [6, 6.07) is 0. The summed E-state index contributed by atoms with van der Waals surface area (Å²) in [6.45, 7) is 0. The van der Waals surface area contributed by atoms with Crippen LogP contribution in [0.25, 0.3) is 0 Å². The van der Waals surface area contributed by atoms with Gasteiger partial charge in [-0.25, -0.2) is 0 Å². The zero-order valence-corrected chi connectivity index (χ0v) is 4.90. The third-order valence-corrected chi connectivity index (χ3v) is 0.580. The van der Waals surface area contributed by atoms with Gasteiger partial charge in [0, 0.05) is 0 Å². The van der Waals surface area contributed by atoms with E-state index in [1.165, 1.54) is 6.26 Å². The van der Waals surface area contributed by atoms with E-state index in [1.54, 1.807) is 6.08 Å². The van der Waals surface area contributed by atoms with Gasteiger partial charge in [0.2, 0.25) is 0 Å². The van der Waals surface area contributed by atoms with E-state index in [0.717, 1.165) is 0 Å². The van der Waals surface area contributed by atoms with Crippen LogP contribution in [-0.2, 0) is 9.53 Å². The van der Waals surface area contributed by atoms with E-state index in [-0.39, 0.29) is 23.9 Å². The monoisotopic (exact) mass is 138 g/mol. The van der Waals surface area contributed by atoms with Crippen LogP contribution >= 0.6 is 12.4 Å². The molecule has 1 rings (SSSR count). The summed E-state index contributed by atoms with van der Waals surface area (Å²) in [4.78, 5) is 9.96. The van der Waals surface area contributed by atoms with Crippen LogP contribution in [0.4, 0.5) is 0 Å². The van der Waals surface area contributed by atoms with Crippen molar-refractivity contribution in [2.75, 3.05) is 0 Å². The molecule has 0 aromatic carbocycles. The molecular weight excluding hydrogens is 131 g/mol. The molecule has 0 saturated carbocycles. The second kappa shape index (κ2) is 4.61. The van der Waals surface area contributed by atoms with E-state index in [4.69, 9.17) is 0 Å². The molecule has 0 aliphatic carbocycles. The van der Waals surface area contributed by atoms with Crippen LogP contribution in [-0.4, -0.2) is 11.4 Å². The highest BCUT2D eigenvalue weighted by molar-refractivity contribution is 5.85. The van der Waals surface area contributed by atoms with E-state index >= 15 is 0 Å². The van der Waals surface area contributed by atoms with Crippen molar-refractivity contribution in [1.29, 1.82) is 0 Å². The molecule has 2 N–H and O–H groups in total. The van der Waals surface area contributed by atoms with Gasteiger partial charge in [0.05, 0.1) is 12.7 Å². The summed E-state index contributed by atoms with van der Waals surface area (Å²) >= 11 is 0. The summed E-state index contributed by atoms with van der Waals surface area (Å²) < 4.78 is 4.33. The number of halogens is 1. The predicted octanol–water partition coefficient (Wildman–Crippen LogP) is 0.0441. The average Bonchev–Trinajstić information content (AvgIpc) is 1.86. The molecule has 0 bridgehead atoms. The summed E-state index contributed by atoms with van der Waals surface area (Å²) in [7, 11) is 0. The molecular formula is C4H7ClO3. The smallest absolute Gasteiger partial charge is 0.314 e. The van der Waals surface area contributed by atoms with E-state index < -0.39 is 0 Å². The Balaban J connectivity index is 0. The van der Waals surface area contributed by atoms with Crippen molar-refractivity contribution in [3.63, 3.8) is 0 Å². The van der Waals surface area contributed by atoms with Crippen molar-refractivity contribution >= 4 is 18.4 Å². The summed E-state index contributed by atoms with van der Waals surface area (Å²) in [5.74, 6) is -0.157. The molecule has 0 unspecified atom stereocenters. The van der Waals surface area contributed by atoms with Gasteiger partial charge in [-0.15, -0.1) is 12.4 Å². The molecule has 1 aliphatic heterocycles. The van der Waals surface area contributed by atoms with Crippen LogP contribution in [0.5, 0.6) is 0 Å².